The van der Waals surface area contributed by atoms with Gasteiger partial charge in [0.2, 0.25) is 5.88 Å². The molecule has 1 atom stereocenters. The lowest BCUT2D eigenvalue weighted by Crippen LogP contribution is -2.14. The molecule has 0 spiro atoms. The van der Waals surface area contributed by atoms with Crippen LogP contribution in [0.1, 0.15) is 17.2 Å². The van der Waals surface area contributed by atoms with Crippen molar-refractivity contribution in [2.45, 2.75) is 12.5 Å². The maximum atomic E-state index is 6.19. The molecule has 0 bridgehead atoms. The molecule has 1 heterocycles. The van der Waals surface area contributed by atoms with Gasteiger partial charge in [-0.15, -0.1) is 0 Å². The Hall–Kier alpha value is -1.58. The fraction of sp³-hybridized carbons (Fsp3) is 0.214. The van der Waals surface area contributed by atoms with Gasteiger partial charge in [0.25, 0.3) is 0 Å². The number of aromatic nitrogens is 1. The summed E-state index contributed by atoms with van der Waals surface area (Å²) in [7, 11) is 1.60. The van der Waals surface area contributed by atoms with E-state index >= 15 is 0 Å². The number of nitrogens with two attached hydrogens (primary N) is 1. The first-order chi connectivity index (χ1) is 8.70. The van der Waals surface area contributed by atoms with Crippen molar-refractivity contribution in [3.8, 4) is 5.88 Å². The third-order valence-electron chi connectivity index (χ3n) is 2.76. The molecule has 0 saturated carbocycles. The van der Waals surface area contributed by atoms with Crippen LogP contribution >= 0.6 is 11.6 Å². The number of methoxy groups -OCH3 is 1. The van der Waals surface area contributed by atoms with Crippen LogP contribution in [0.2, 0.25) is 5.02 Å². The lowest BCUT2D eigenvalue weighted by molar-refractivity contribution is 0.388. The first-order valence-electron chi connectivity index (χ1n) is 5.69. The van der Waals surface area contributed by atoms with Gasteiger partial charge in [0.05, 0.1) is 7.11 Å². The molecule has 1 aromatic heterocycles. The average molecular weight is 263 g/mol. The third-order valence-corrected chi connectivity index (χ3v) is 3.01. The number of nitrogens with zero attached hydrogens (tertiary/aromatic N) is 1. The van der Waals surface area contributed by atoms with Crippen molar-refractivity contribution in [1.29, 1.82) is 0 Å². The summed E-state index contributed by atoms with van der Waals surface area (Å²) in [6.45, 7) is 0. The van der Waals surface area contributed by atoms with Gasteiger partial charge in [-0.3, -0.25) is 0 Å². The molecule has 0 fully saturated rings. The summed E-state index contributed by atoms with van der Waals surface area (Å²) in [5, 5.41) is 0.728. The highest BCUT2D eigenvalue weighted by Crippen LogP contribution is 2.23. The van der Waals surface area contributed by atoms with Crippen molar-refractivity contribution in [3.63, 3.8) is 0 Å². The van der Waals surface area contributed by atoms with E-state index in [-0.39, 0.29) is 6.04 Å². The zero-order valence-corrected chi connectivity index (χ0v) is 10.9. The summed E-state index contributed by atoms with van der Waals surface area (Å²) >= 11 is 5.85. The second kappa shape index (κ2) is 5.85. The zero-order chi connectivity index (χ0) is 13.0. The smallest absolute Gasteiger partial charge is 0.217 e. The molecule has 94 valence electrons. The number of hydrogen-bond donors (Lipinski definition) is 1. The van der Waals surface area contributed by atoms with Crippen LogP contribution in [-0.4, -0.2) is 12.1 Å². The quantitative estimate of drug-likeness (QED) is 0.922. The second-order valence-electron chi connectivity index (χ2n) is 4.04. The van der Waals surface area contributed by atoms with Crippen molar-refractivity contribution in [2.24, 2.45) is 5.73 Å². The molecular formula is C14H15ClN2O. The monoisotopic (exact) mass is 262 g/mol. The fourth-order valence-electron chi connectivity index (χ4n) is 1.84. The van der Waals surface area contributed by atoms with Gasteiger partial charge < -0.3 is 10.5 Å². The Morgan fingerprint density at radius 1 is 1.28 bits per heavy atom. The summed E-state index contributed by atoms with van der Waals surface area (Å²) < 4.78 is 5.21. The van der Waals surface area contributed by atoms with Gasteiger partial charge in [0.1, 0.15) is 0 Å². The Kier molecular flexibility index (Phi) is 4.18. The number of hydrogen-bond acceptors (Lipinski definition) is 3. The Labute approximate surface area is 112 Å². The van der Waals surface area contributed by atoms with E-state index in [9.17, 15) is 0 Å². The molecule has 1 unspecified atom stereocenters. The van der Waals surface area contributed by atoms with E-state index in [1.165, 1.54) is 0 Å². The molecular weight excluding hydrogens is 248 g/mol. The summed E-state index contributed by atoms with van der Waals surface area (Å²) in [4.78, 5) is 4.15. The zero-order valence-electron chi connectivity index (χ0n) is 10.1. The van der Waals surface area contributed by atoms with Crippen molar-refractivity contribution >= 4 is 11.6 Å². The number of ether oxygens (including phenoxy) is 1. The van der Waals surface area contributed by atoms with Gasteiger partial charge >= 0.3 is 0 Å². The van der Waals surface area contributed by atoms with E-state index in [1.807, 2.05) is 36.4 Å². The summed E-state index contributed by atoms with van der Waals surface area (Å²) in [6, 6.07) is 11.3. The normalized spacial score (nSPS) is 12.2. The molecule has 3 nitrogen and oxygen atoms in total. The fourth-order valence-corrected chi connectivity index (χ4v) is 1.97. The first kappa shape index (κ1) is 12.9. The van der Waals surface area contributed by atoms with Gasteiger partial charge in [-0.2, -0.15) is 0 Å². The van der Waals surface area contributed by atoms with Gasteiger partial charge in [-0.25, -0.2) is 4.98 Å². The van der Waals surface area contributed by atoms with Gasteiger partial charge in [0, 0.05) is 22.8 Å². The molecule has 0 saturated heterocycles. The third kappa shape index (κ3) is 3.00. The lowest BCUT2D eigenvalue weighted by Gasteiger charge is -2.14. The van der Waals surface area contributed by atoms with Gasteiger partial charge in [-0.05, 0) is 30.2 Å². The average Bonchev–Trinajstić information content (AvgIpc) is 2.41. The Balaban J connectivity index is 2.16. The molecule has 0 aliphatic carbocycles. The van der Waals surface area contributed by atoms with Crippen molar-refractivity contribution in [2.75, 3.05) is 7.11 Å². The van der Waals surface area contributed by atoms with Crippen LogP contribution in [0.4, 0.5) is 0 Å². The highest BCUT2D eigenvalue weighted by Gasteiger charge is 2.12. The Morgan fingerprint density at radius 2 is 2.00 bits per heavy atom. The molecule has 1 aromatic carbocycles. The maximum Gasteiger partial charge on any atom is 0.217 e. The van der Waals surface area contributed by atoms with E-state index in [2.05, 4.69) is 4.98 Å². The van der Waals surface area contributed by atoms with E-state index < -0.39 is 0 Å². The predicted octanol–water partition coefficient (Wildman–Crippen LogP) is 2.99. The van der Waals surface area contributed by atoms with Crippen LogP contribution in [0.3, 0.4) is 0 Å². The number of rotatable bonds is 4. The maximum absolute atomic E-state index is 6.19. The predicted molar refractivity (Wildman–Crippen MR) is 72.9 cm³/mol. The summed E-state index contributed by atoms with van der Waals surface area (Å²) in [5.41, 5.74) is 8.24. The summed E-state index contributed by atoms with van der Waals surface area (Å²) in [5.74, 6) is 0.582. The molecule has 2 rings (SSSR count). The van der Waals surface area contributed by atoms with Gasteiger partial charge in [-0.1, -0.05) is 29.8 Å². The SMILES string of the molecule is COc1ncccc1C(N)Cc1ccc(Cl)cc1. The number of benzene rings is 1. The van der Waals surface area contributed by atoms with E-state index in [0.717, 1.165) is 22.6 Å². The van der Waals surface area contributed by atoms with Crippen LogP contribution in [0.5, 0.6) is 5.88 Å². The molecule has 0 aliphatic heterocycles. The van der Waals surface area contributed by atoms with Crippen molar-refractivity contribution in [3.05, 3.63) is 58.7 Å². The van der Waals surface area contributed by atoms with E-state index in [4.69, 9.17) is 22.1 Å². The van der Waals surface area contributed by atoms with E-state index in [1.54, 1.807) is 13.3 Å². The minimum absolute atomic E-state index is 0.144. The van der Waals surface area contributed by atoms with Crippen LogP contribution in [0.15, 0.2) is 42.6 Å². The highest BCUT2D eigenvalue weighted by molar-refractivity contribution is 6.30. The Morgan fingerprint density at radius 3 is 2.67 bits per heavy atom. The van der Waals surface area contributed by atoms with Crippen molar-refractivity contribution < 1.29 is 4.74 Å². The summed E-state index contributed by atoms with van der Waals surface area (Å²) in [6.07, 6.45) is 2.41. The minimum Gasteiger partial charge on any atom is -0.481 e. The molecule has 4 heteroatoms. The molecule has 2 N–H and O–H groups in total. The minimum atomic E-state index is -0.144. The second-order valence-corrected chi connectivity index (χ2v) is 4.48. The van der Waals surface area contributed by atoms with Crippen LogP contribution < -0.4 is 10.5 Å². The molecule has 2 aromatic rings. The molecule has 0 aliphatic rings. The number of halogens is 1. The van der Waals surface area contributed by atoms with Gasteiger partial charge in [0.15, 0.2) is 0 Å². The standard InChI is InChI=1S/C14H15ClN2O/c1-18-14-12(3-2-8-17-14)13(16)9-10-4-6-11(15)7-5-10/h2-8,13H,9,16H2,1H3. The molecule has 0 amide bonds. The highest BCUT2D eigenvalue weighted by atomic mass is 35.5. The lowest BCUT2D eigenvalue weighted by atomic mass is 10.0. The van der Waals surface area contributed by atoms with Crippen LogP contribution in [0.25, 0.3) is 0 Å². The molecule has 0 radical (unpaired) electrons. The topological polar surface area (TPSA) is 48.1 Å². The van der Waals surface area contributed by atoms with E-state index in [0.29, 0.717) is 5.88 Å². The van der Waals surface area contributed by atoms with Crippen LogP contribution in [0, 0.1) is 0 Å². The van der Waals surface area contributed by atoms with Crippen molar-refractivity contribution in [1.82, 2.24) is 4.98 Å². The Bertz CT molecular complexity index is 513. The largest absolute Gasteiger partial charge is 0.481 e. The first-order valence-corrected chi connectivity index (χ1v) is 6.07. The number of pyridine rings is 1. The molecule has 18 heavy (non-hydrogen) atoms. The van der Waals surface area contributed by atoms with Crippen LogP contribution in [-0.2, 0) is 6.42 Å².